The number of phosphoric acid groups is 2. The van der Waals surface area contributed by atoms with E-state index in [1.165, 1.54) is 257 Å². The van der Waals surface area contributed by atoms with Crippen molar-refractivity contribution in [3.8, 4) is 0 Å². The van der Waals surface area contributed by atoms with Crippen LogP contribution in [0.1, 0.15) is 447 Å². The van der Waals surface area contributed by atoms with E-state index >= 15 is 0 Å². The summed E-state index contributed by atoms with van der Waals surface area (Å²) in [5.74, 6) is 0.309. The Labute approximate surface area is 638 Å². The zero-order valence-electron chi connectivity index (χ0n) is 68.5. The smallest absolute Gasteiger partial charge is 0.462 e. The van der Waals surface area contributed by atoms with E-state index in [9.17, 15) is 43.2 Å². The largest absolute Gasteiger partial charge is 0.472 e. The Kier molecular flexibility index (Phi) is 73.7. The van der Waals surface area contributed by atoms with Gasteiger partial charge in [-0.1, -0.05) is 395 Å². The summed E-state index contributed by atoms with van der Waals surface area (Å²) in [4.78, 5) is 73.2. The summed E-state index contributed by atoms with van der Waals surface area (Å²) < 4.78 is 68.9. The molecule has 19 heteroatoms. The SMILES string of the molecule is CCCCCCCCCCCCCCCC(=O)OC[C@H](COP(=O)(O)OC[C@H](O)COP(=O)(O)OC[C@@H](COC(=O)CCCCCCCCCCCCCCCC(C)C)OC(=O)CCCCCCCCCCCCCCCCCCCCC(C)CC)OC(=O)CCCCCCCCCCCCC(C)C. The number of unbranched alkanes of at least 4 members (excludes halogenated alkanes) is 50. The first-order chi connectivity index (χ1) is 50.3. The molecule has 0 aromatic heterocycles. The molecule has 3 unspecified atom stereocenters. The number of aliphatic hydroxyl groups is 1. The molecule has 17 nitrogen and oxygen atoms in total. The van der Waals surface area contributed by atoms with Gasteiger partial charge in [-0.3, -0.25) is 37.3 Å². The average Bonchev–Trinajstić information content (AvgIpc) is 0.908. The normalized spacial score (nSPS) is 14.2. The molecule has 0 heterocycles. The number of phosphoric ester groups is 2. The predicted octanol–water partition coefficient (Wildman–Crippen LogP) is 25.7. The molecule has 618 valence electrons. The minimum absolute atomic E-state index is 0.106. The summed E-state index contributed by atoms with van der Waals surface area (Å²) in [5, 5.41) is 10.7. The summed E-state index contributed by atoms with van der Waals surface area (Å²) in [6.07, 6.45) is 65.1. The van der Waals surface area contributed by atoms with E-state index in [2.05, 4.69) is 48.5 Å². The van der Waals surface area contributed by atoms with Gasteiger partial charge >= 0.3 is 39.5 Å². The number of ether oxygens (including phenoxy) is 4. The molecule has 0 radical (unpaired) electrons. The van der Waals surface area contributed by atoms with Gasteiger partial charge in [-0.2, -0.15) is 0 Å². The highest BCUT2D eigenvalue weighted by atomic mass is 31.2. The molecule has 0 spiro atoms. The van der Waals surface area contributed by atoms with Crippen LogP contribution in [0.5, 0.6) is 0 Å². The fourth-order valence-electron chi connectivity index (χ4n) is 13.2. The molecule has 0 rings (SSSR count). The van der Waals surface area contributed by atoms with E-state index in [-0.39, 0.29) is 25.7 Å². The van der Waals surface area contributed by atoms with Gasteiger partial charge in [0.05, 0.1) is 26.4 Å². The van der Waals surface area contributed by atoms with Crippen LogP contribution in [-0.2, 0) is 65.4 Å². The van der Waals surface area contributed by atoms with Gasteiger partial charge in [-0.15, -0.1) is 0 Å². The number of carbonyl (C=O) groups is 4. The molecule has 0 fully saturated rings. The van der Waals surface area contributed by atoms with Crippen LogP contribution in [0.3, 0.4) is 0 Å². The monoisotopic (exact) mass is 1520 g/mol. The number of hydrogen-bond donors (Lipinski definition) is 3. The van der Waals surface area contributed by atoms with Gasteiger partial charge in [0.2, 0.25) is 0 Å². The van der Waals surface area contributed by atoms with Crippen molar-refractivity contribution in [1.29, 1.82) is 0 Å². The third kappa shape index (κ3) is 76.8. The number of hydrogen-bond acceptors (Lipinski definition) is 15. The minimum Gasteiger partial charge on any atom is -0.462 e. The Bertz CT molecular complexity index is 2010. The van der Waals surface area contributed by atoms with Gasteiger partial charge in [0.25, 0.3) is 0 Å². The van der Waals surface area contributed by atoms with Crippen LogP contribution < -0.4 is 0 Å². The van der Waals surface area contributed by atoms with Crippen LogP contribution in [0, 0.1) is 17.8 Å². The highest BCUT2D eigenvalue weighted by Gasteiger charge is 2.30. The lowest BCUT2D eigenvalue weighted by Crippen LogP contribution is -2.30. The van der Waals surface area contributed by atoms with Crippen LogP contribution in [0.15, 0.2) is 0 Å². The maximum absolute atomic E-state index is 13.1. The lowest BCUT2D eigenvalue weighted by Gasteiger charge is -2.21. The first-order valence-electron chi connectivity index (χ1n) is 43.9. The second-order valence-corrected chi connectivity index (χ2v) is 34.7. The third-order valence-electron chi connectivity index (χ3n) is 20.2. The van der Waals surface area contributed by atoms with Crippen LogP contribution in [0.25, 0.3) is 0 Å². The molecule has 0 aliphatic rings. The maximum atomic E-state index is 13.1. The molecule has 0 aromatic carbocycles. The molecule has 0 aliphatic carbocycles. The number of aliphatic hydroxyl groups excluding tert-OH is 1. The van der Waals surface area contributed by atoms with Crippen molar-refractivity contribution in [1.82, 2.24) is 0 Å². The van der Waals surface area contributed by atoms with Crippen LogP contribution in [0.4, 0.5) is 0 Å². The van der Waals surface area contributed by atoms with Crippen molar-refractivity contribution in [2.24, 2.45) is 17.8 Å². The standard InChI is InChI=1S/C85H166O17P2/c1-8-10-11-12-13-14-15-23-30-38-45-52-59-66-82(87)95-73-81(102-85(90)69-62-55-48-41-34-33-36-43-50-57-64-77(5)6)75-100-104(93,94)98-71-79(86)70-97-103(91,92)99-74-80(72-96-83(88)67-60-53-46-39-31-27-22-24-28-35-42-49-56-63-76(3)4)101-84(89)68-61-54-47-40-32-26-21-19-17-16-18-20-25-29-37-44-51-58-65-78(7)9-2/h76-81,86H,8-75H2,1-7H3,(H,91,92)(H,93,94)/t78?,79-,80-,81-/m1/s1. The third-order valence-corrected chi connectivity index (χ3v) is 22.1. The first kappa shape index (κ1) is 102. The Morgan fingerprint density at radius 2 is 0.490 bits per heavy atom. The molecule has 6 atom stereocenters. The molecule has 0 aromatic rings. The second kappa shape index (κ2) is 75.1. The summed E-state index contributed by atoms with van der Waals surface area (Å²) in [7, 11) is -9.93. The lowest BCUT2D eigenvalue weighted by molar-refractivity contribution is -0.161. The van der Waals surface area contributed by atoms with Crippen molar-refractivity contribution >= 4 is 39.5 Å². The van der Waals surface area contributed by atoms with Crippen LogP contribution in [0.2, 0.25) is 0 Å². The molecule has 0 saturated heterocycles. The Morgan fingerprint density at radius 3 is 0.731 bits per heavy atom. The Hall–Kier alpha value is -1.94. The van der Waals surface area contributed by atoms with E-state index < -0.39 is 97.5 Å². The fourth-order valence-corrected chi connectivity index (χ4v) is 14.7. The van der Waals surface area contributed by atoms with E-state index in [0.717, 1.165) is 108 Å². The minimum atomic E-state index is -4.97. The summed E-state index contributed by atoms with van der Waals surface area (Å²) in [6, 6.07) is 0. The van der Waals surface area contributed by atoms with Crippen molar-refractivity contribution < 1.29 is 80.2 Å². The topological polar surface area (TPSA) is 237 Å². The van der Waals surface area contributed by atoms with Gasteiger partial charge in [0, 0.05) is 25.7 Å². The Balaban J connectivity index is 5.24. The first-order valence-corrected chi connectivity index (χ1v) is 46.9. The van der Waals surface area contributed by atoms with Gasteiger partial charge in [-0.25, -0.2) is 9.13 Å². The molecule has 0 saturated carbocycles. The predicted molar refractivity (Wildman–Crippen MR) is 428 cm³/mol. The quantitative estimate of drug-likeness (QED) is 0.0222. The fraction of sp³-hybridized carbons (Fsp3) is 0.953. The molecule has 0 amide bonds. The molecular weight excluding hydrogens is 1350 g/mol. The van der Waals surface area contributed by atoms with Crippen molar-refractivity contribution in [3.63, 3.8) is 0 Å². The van der Waals surface area contributed by atoms with Gasteiger partial charge in [0.1, 0.15) is 19.3 Å². The van der Waals surface area contributed by atoms with Crippen LogP contribution in [-0.4, -0.2) is 96.7 Å². The zero-order chi connectivity index (χ0) is 76.5. The van der Waals surface area contributed by atoms with E-state index in [0.29, 0.717) is 25.7 Å². The molecule has 3 N–H and O–H groups in total. The van der Waals surface area contributed by atoms with E-state index in [1.807, 2.05) is 0 Å². The van der Waals surface area contributed by atoms with Gasteiger partial charge < -0.3 is 33.8 Å². The number of esters is 4. The zero-order valence-corrected chi connectivity index (χ0v) is 70.3. The molecular formula is C85H166O17P2. The van der Waals surface area contributed by atoms with Crippen molar-refractivity contribution in [3.05, 3.63) is 0 Å². The number of carbonyl (C=O) groups excluding carboxylic acids is 4. The summed E-state index contributed by atoms with van der Waals surface area (Å²) in [6.45, 7) is 12.0. The van der Waals surface area contributed by atoms with Gasteiger partial charge in [0.15, 0.2) is 12.2 Å². The van der Waals surface area contributed by atoms with E-state index in [1.54, 1.807) is 0 Å². The van der Waals surface area contributed by atoms with Gasteiger partial charge in [-0.05, 0) is 43.4 Å². The molecule has 104 heavy (non-hydrogen) atoms. The van der Waals surface area contributed by atoms with Crippen LogP contribution >= 0.6 is 15.6 Å². The van der Waals surface area contributed by atoms with E-state index in [4.69, 9.17) is 37.0 Å². The number of rotatable bonds is 83. The highest BCUT2D eigenvalue weighted by molar-refractivity contribution is 7.47. The second-order valence-electron chi connectivity index (χ2n) is 31.8. The summed E-state index contributed by atoms with van der Waals surface area (Å²) >= 11 is 0. The average molecular weight is 1520 g/mol. The van der Waals surface area contributed by atoms with Crippen molar-refractivity contribution in [2.45, 2.75) is 465 Å². The van der Waals surface area contributed by atoms with Crippen molar-refractivity contribution in [2.75, 3.05) is 39.6 Å². The lowest BCUT2D eigenvalue weighted by atomic mass is 9.99. The molecule has 0 bridgehead atoms. The summed E-state index contributed by atoms with van der Waals surface area (Å²) in [5.41, 5.74) is 0. The Morgan fingerprint density at radius 1 is 0.279 bits per heavy atom. The maximum Gasteiger partial charge on any atom is 0.472 e. The molecule has 0 aliphatic heterocycles. The highest BCUT2D eigenvalue weighted by Crippen LogP contribution is 2.45.